The molecule has 0 saturated carbocycles. The van der Waals surface area contributed by atoms with E-state index in [9.17, 15) is 9.59 Å². The van der Waals surface area contributed by atoms with E-state index in [0.717, 1.165) is 5.56 Å². The van der Waals surface area contributed by atoms with Gasteiger partial charge in [0.25, 0.3) is 0 Å². The third-order valence-electron chi connectivity index (χ3n) is 3.43. The van der Waals surface area contributed by atoms with Gasteiger partial charge in [-0.05, 0) is 30.7 Å². The zero-order valence-corrected chi connectivity index (χ0v) is 12.1. The maximum Gasteiger partial charge on any atom is 0.419 e. The van der Waals surface area contributed by atoms with Gasteiger partial charge in [0, 0.05) is 6.54 Å². The Morgan fingerprint density at radius 1 is 1.14 bits per heavy atom. The van der Waals surface area contributed by atoms with Crippen LogP contribution in [0.25, 0.3) is 11.1 Å². The Balaban J connectivity index is 1.72. The van der Waals surface area contributed by atoms with Crippen LogP contribution in [0.5, 0.6) is 5.75 Å². The van der Waals surface area contributed by atoms with Gasteiger partial charge < -0.3 is 9.15 Å². The monoisotopic (exact) mass is 297 g/mol. The van der Waals surface area contributed by atoms with Crippen molar-refractivity contribution in [2.24, 2.45) is 0 Å². The molecule has 0 aliphatic heterocycles. The Hall–Kier alpha value is -2.82. The number of oxazole rings is 1. The van der Waals surface area contributed by atoms with Crippen LogP contribution in [0, 0.1) is 6.92 Å². The summed E-state index contributed by atoms with van der Waals surface area (Å²) in [5.41, 5.74) is 2.08. The van der Waals surface area contributed by atoms with Gasteiger partial charge in [0.15, 0.2) is 5.58 Å². The van der Waals surface area contributed by atoms with Gasteiger partial charge in [0.2, 0.25) is 0 Å². The second kappa shape index (κ2) is 5.89. The second-order valence-corrected chi connectivity index (χ2v) is 4.98. The number of aryl methyl sites for hydroxylation is 2. The molecule has 112 valence electrons. The smallest absolute Gasteiger partial charge is 0.419 e. The fraction of sp³-hybridized carbons (Fsp3) is 0.176. The van der Waals surface area contributed by atoms with Crippen LogP contribution < -0.4 is 10.5 Å². The number of rotatable bonds is 4. The standard InChI is InChI=1S/C17H15NO4/c1-12-6-2-4-8-14(12)21-16(19)10-11-18-13-7-3-5-9-15(13)22-17(18)20/h2-9H,10-11H2,1H3. The Bertz CT molecular complexity index is 875. The number of hydrogen-bond acceptors (Lipinski definition) is 4. The lowest BCUT2D eigenvalue weighted by Gasteiger charge is -2.07. The second-order valence-electron chi connectivity index (χ2n) is 4.98. The van der Waals surface area contributed by atoms with Crippen molar-refractivity contribution in [3.05, 3.63) is 64.6 Å². The molecular weight excluding hydrogens is 282 g/mol. The molecule has 0 aliphatic rings. The number of aromatic nitrogens is 1. The fourth-order valence-electron chi connectivity index (χ4n) is 2.27. The number of fused-ring (bicyclic) bond motifs is 1. The summed E-state index contributed by atoms with van der Waals surface area (Å²) in [5.74, 6) is -0.312. The summed E-state index contributed by atoms with van der Waals surface area (Å²) in [5, 5.41) is 0. The SMILES string of the molecule is Cc1ccccc1OC(=O)CCn1c(=O)oc2ccccc21. The van der Waals surface area contributed by atoms with Crippen molar-refractivity contribution in [1.29, 1.82) is 0 Å². The van der Waals surface area contributed by atoms with E-state index < -0.39 is 5.76 Å². The van der Waals surface area contributed by atoms with Gasteiger partial charge in [0.1, 0.15) is 5.75 Å². The Kier molecular flexibility index (Phi) is 3.78. The molecule has 0 unspecified atom stereocenters. The molecule has 5 nitrogen and oxygen atoms in total. The van der Waals surface area contributed by atoms with E-state index >= 15 is 0 Å². The van der Waals surface area contributed by atoms with Crippen molar-refractivity contribution in [1.82, 2.24) is 4.57 Å². The van der Waals surface area contributed by atoms with E-state index in [0.29, 0.717) is 16.8 Å². The minimum Gasteiger partial charge on any atom is -0.426 e. The van der Waals surface area contributed by atoms with Crippen molar-refractivity contribution < 1.29 is 13.9 Å². The number of carbonyl (C=O) groups is 1. The highest BCUT2D eigenvalue weighted by atomic mass is 16.5. The van der Waals surface area contributed by atoms with E-state index in [4.69, 9.17) is 9.15 Å². The largest absolute Gasteiger partial charge is 0.426 e. The van der Waals surface area contributed by atoms with Crippen molar-refractivity contribution >= 4 is 17.1 Å². The lowest BCUT2D eigenvalue weighted by atomic mass is 10.2. The number of benzene rings is 2. The number of carbonyl (C=O) groups excluding carboxylic acids is 1. The number of hydrogen-bond donors (Lipinski definition) is 0. The quantitative estimate of drug-likeness (QED) is 0.549. The summed E-state index contributed by atoms with van der Waals surface area (Å²) in [6, 6.07) is 14.4. The van der Waals surface area contributed by atoms with Crippen LogP contribution in [-0.2, 0) is 11.3 Å². The maximum atomic E-state index is 11.9. The zero-order chi connectivity index (χ0) is 15.5. The molecule has 2 aromatic carbocycles. The minimum atomic E-state index is -0.468. The molecule has 0 aliphatic carbocycles. The van der Waals surface area contributed by atoms with Crippen LogP contribution in [0.2, 0.25) is 0 Å². The number of esters is 1. The molecule has 5 heteroatoms. The van der Waals surface area contributed by atoms with Crippen molar-refractivity contribution in [3.63, 3.8) is 0 Å². The molecule has 3 aromatic rings. The molecule has 0 radical (unpaired) electrons. The van der Waals surface area contributed by atoms with Gasteiger partial charge >= 0.3 is 11.7 Å². The topological polar surface area (TPSA) is 61.4 Å². The third-order valence-corrected chi connectivity index (χ3v) is 3.43. The molecular formula is C17H15NO4. The molecule has 1 heterocycles. The van der Waals surface area contributed by atoms with Gasteiger partial charge in [-0.1, -0.05) is 30.3 Å². The summed E-state index contributed by atoms with van der Waals surface area (Å²) in [7, 11) is 0. The first-order valence-corrected chi connectivity index (χ1v) is 7.00. The summed E-state index contributed by atoms with van der Waals surface area (Å²) in [4.78, 5) is 23.7. The van der Waals surface area contributed by atoms with E-state index in [1.54, 1.807) is 24.3 Å². The molecule has 0 atom stereocenters. The Labute approximate surface area is 126 Å². The highest BCUT2D eigenvalue weighted by molar-refractivity contribution is 5.74. The summed E-state index contributed by atoms with van der Waals surface area (Å²) < 4.78 is 11.9. The maximum absolute atomic E-state index is 11.9. The van der Waals surface area contributed by atoms with Crippen molar-refractivity contribution in [2.75, 3.05) is 0 Å². The zero-order valence-electron chi connectivity index (χ0n) is 12.1. The highest BCUT2D eigenvalue weighted by Gasteiger charge is 2.12. The molecule has 0 amide bonds. The average molecular weight is 297 g/mol. The van der Waals surface area contributed by atoms with E-state index in [1.165, 1.54) is 4.57 Å². The number of ether oxygens (including phenoxy) is 1. The van der Waals surface area contributed by atoms with Crippen LogP contribution in [0.3, 0.4) is 0 Å². The fourth-order valence-corrected chi connectivity index (χ4v) is 2.27. The van der Waals surface area contributed by atoms with Crippen LogP contribution >= 0.6 is 0 Å². The molecule has 0 spiro atoms. The normalized spacial score (nSPS) is 10.8. The molecule has 0 saturated heterocycles. The molecule has 0 N–H and O–H groups in total. The molecule has 3 rings (SSSR count). The van der Waals surface area contributed by atoms with Crippen molar-refractivity contribution in [3.8, 4) is 5.75 Å². The van der Waals surface area contributed by atoms with Gasteiger partial charge in [0.05, 0.1) is 11.9 Å². The van der Waals surface area contributed by atoms with E-state index in [-0.39, 0.29) is 18.9 Å². The molecule has 1 aromatic heterocycles. The average Bonchev–Trinajstić information content (AvgIpc) is 2.83. The van der Waals surface area contributed by atoms with Gasteiger partial charge in [-0.2, -0.15) is 0 Å². The molecule has 0 bridgehead atoms. The van der Waals surface area contributed by atoms with Crippen LogP contribution in [-0.4, -0.2) is 10.5 Å². The first-order chi connectivity index (χ1) is 10.6. The first-order valence-electron chi connectivity index (χ1n) is 7.00. The first kappa shape index (κ1) is 14.1. The minimum absolute atomic E-state index is 0.0950. The number of para-hydroxylation sites is 3. The Morgan fingerprint density at radius 2 is 1.86 bits per heavy atom. The van der Waals surface area contributed by atoms with Crippen LogP contribution in [0.1, 0.15) is 12.0 Å². The van der Waals surface area contributed by atoms with Crippen molar-refractivity contribution in [2.45, 2.75) is 19.9 Å². The van der Waals surface area contributed by atoms with Gasteiger partial charge in [-0.3, -0.25) is 9.36 Å². The van der Waals surface area contributed by atoms with Gasteiger partial charge in [-0.15, -0.1) is 0 Å². The molecule has 0 fully saturated rings. The molecule has 22 heavy (non-hydrogen) atoms. The summed E-state index contributed by atoms with van der Waals surface area (Å²) in [6.45, 7) is 2.09. The van der Waals surface area contributed by atoms with E-state index in [1.807, 2.05) is 31.2 Å². The lowest BCUT2D eigenvalue weighted by molar-refractivity contribution is -0.134. The predicted octanol–water partition coefficient (Wildman–Crippen LogP) is 2.90. The van der Waals surface area contributed by atoms with E-state index in [2.05, 4.69) is 0 Å². The van der Waals surface area contributed by atoms with Crippen LogP contribution in [0.4, 0.5) is 0 Å². The summed E-state index contributed by atoms with van der Waals surface area (Å²) in [6.07, 6.45) is 0.0950. The third kappa shape index (κ3) is 2.79. The summed E-state index contributed by atoms with van der Waals surface area (Å²) >= 11 is 0. The lowest BCUT2D eigenvalue weighted by Crippen LogP contribution is -2.18. The van der Waals surface area contributed by atoms with Gasteiger partial charge in [-0.25, -0.2) is 4.79 Å². The number of nitrogens with zero attached hydrogens (tertiary/aromatic N) is 1. The van der Waals surface area contributed by atoms with Crippen LogP contribution in [0.15, 0.2) is 57.7 Å². The predicted molar refractivity (Wildman–Crippen MR) is 81.9 cm³/mol. The Morgan fingerprint density at radius 3 is 2.68 bits per heavy atom. The highest BCUT2D eigenvalue weighted by Crippen LogP contribution is 2.17.